The van der Waals surface area contributed by atoms with E-state index in [1.807, 2.05) is 0 Å². The first-order valence-corrected chi connectivity index (χ1v) is 9.32. The summed E-state index contributed by atoms with van der Waals surface area (Å²) < 4.78 is 28.6. The van der Waals surface area contributed by atoms with Gasteiger partial charge in [0, 0.05) is 24.9 Å². The molecule has 0 radical (unpaired) electrons. The summed E-state index contributed by atoms with van der Waals surface area (Å²) in [4.78, 5) is 2.50. The molecule has 0 aromatic carbocycles. The van der Waals surface area contributed by atoms with Gasteiger partial charge in [-0.05, 0) is 32.4 Å². The van der Waals surface area contributed by atoms with Gasteiger partial charge in [0.05, 0.1) is 18.5 Å². The quantitative estimate of drug-likeness (QED) is 0.760. The third-order valence-electron chi connectivity index (χ3n) is 4.13. The Morgan fingerprint density at radius 2 is 2.26 bits per heavy atom. The molecule has 1 N–H and O–H groups in total. The van der Waals surface area contributed by atoms with E-state index in [1.165, 1.54) is 19.1 Å². The molecule has 6 heteroatoms. The maximum absolute atomic E-state index is 11.3. The Morgan fingerprint density at radius 1 is 1.47 bits per heavy atom. The van der Waals surface area contributed by atoms with Crippen molar-refractivity contribution in [2.45, 2.75) is 44.4 Å². The molecule has 112 valence electrons. The lowest BCUT2D eigenvalue weighted by Crippen LogP contribution is -2.54. The fourth-order valence-electron chi connectivity index (χ4n) is 3.11. The first-order chi connectivity index (χ1) is 8.99. The van der Waals surface area contributed by atoms with Gasteiger partial charge in [-0.15, -0.1) is 0 Å². The van der Waals surface area contributed by atoms with E-state index in [2.05, 4.69) is 17.1 Å². The fourth-order valence-corrected chi connectivity index (χ4v) is 3.79. The van der Waals surface area contributed by atoms with Crippen molar-refractivity contribution in [3.05, 3.63) is 0 Å². The predicted molar refractivity (Wildman–Crippen MR) is 76.1 cm³/mol. The van der Waals surface area contributed by atoms with Gasteiger partial charge < -0.3 is 10.1 Å². The lowest BCUT2D eigenvalue weighted by Gasteiger charge is -2.39. The second kappa shape index (κ2) is 6.52. The third kappa shape index (κ3) is 4.41. The Kier molecular flexibility index (Phi) is 5.22. The van der Waals surface area contributed by atoms with Crippen LogP contribution in [0.5, 0.6) is 0 Å². The van der Waals surface area contributed by atoms with E-state index in [1.54, 1.807) is 0 Å². The van der Waals surface area contributed by atoms with Gasteiger partial charge in [-0.3, -0.25) is 4.90 Å². The summed E-state index contributed by atoms with van der Waals surface area (Å²) in [6, 6.07) is 0.731. The molecule has 0 aliphatic carbocycles. The third-order valence-corrected chi connectivity index (χ3v) is 5.11. The summed E-state index contributed by atoms with van der Waals surface area (Å²) in [5.74, 6) is 0.230. The zero-order valence-corrected chi connectivity index (χ0v) is 12.8. The molecule has 2 aliphatic rings. The zero-order chi connectivity index (χ0) is 13.9. The average molecular weight is 290 g/mol. The first kappa shape index (κ1) is 15.2. The molecule has 0 bridgehead atoms. The Morgan fingerprint density at radius 3 is 2.95 bits per heavy atom. The van der Waals surface area contributed by atoms with Crippen LogP contribution < -0.4 is 5.32 Å². The van der Waals surface area contributed by atoms with Crippen LogP contribution in [0.4, 0.5) is 0 Å². The smallest absolute Gasteiger partial charge is 0.147 e. The summed E-state index contributed by atoms with van der Waals surface area (Å²) in [5, 5.41) is 3.39. The van der Waals surface area contributed by atoms with E-state index in [0.717, 1.165) is 26.2 Å². The molecule has 2 heterocycles. The van der Waals surface area contributed by atoms with Crippen molar-refractivity contribution in [3.63, 3.8) is 0 Å². The Hall–Kier alpha value is -0.170. The van der Waals surface area contributed by atoms with Crippen LogP contribution >= 0.6 is 0 Å². The minimum absolute atomic E-state index is 0.121. The van der Waals surface area contributed by atoms with E-state index in [-0.39, 0.29) is 17.9 Å². The van der Waals surface area contributed by atoms with Crippen molar-refractivity contribution in [3.8, 4) is 0 Å². The highest BCUT2D eigenvalue weighted by atomic mass is 32.2. The SMILES string of the molecule is CCNC(CCS(C)(=O)=O)C1CN2CCCC2CO1. The first-order valence-electron chi connectivity index (χ1n) is 7.26. The van der Waals surface area contributed by atoms with E-state index >= 15 is 0 Å². The van der Waals surface area contributed by atoms with Gasteiger partial charge in [-0.1, -0.05) is 6.92 Å². The number of hydrogen-bond donors (Lipinski definition) is 1. The fraction of sp³-hybridized carbons (Fsp3) is 1.00. The van der Waals surface area contributed by atoms with Gasteiger partial charge in [0.25, 0.3) is 0 Å². The maximum Gasteiger partial charge on any atom is 0.147 e. The number of rotatable bonds is 6. The number of nitrogens with one attached hydrogen (secondary N) is 1. The lowest BCUT2D eigenvalue weighted by atomic mass is 10.1. The molecule has 0 aromatic rings. The summed E-state index contributed by atoms with van der Waals surface area (Å²) >= 11 is 0. The van der Waals surface area contributed by atoms with E-state index < -0.39 is 9.84 Å². The van der Waals surface area contributed by atoms with Crippen LogP contribution in [0.3, 0.4) is 0 Å². The van der Waals surface area contributed by atoms with Crippen LogP contribution in [-0.4, -0.2) is 69.8 Å². The largest absolute Gasteiger partial charge is 0.374 e. The van der Waals surface area contributed by atoms with Crippen LogP contribution in [0.2, 0.25) is 0 Å². The summed E-state index contributed by atoms with van der Waals surface area (Å²) in [7, 11) is -2.90. The second-order valence-corrected chi connectivity index (χ2v) is 8.01. The average Bonchev–Trinajstić information content (AvgIpc) is 2.80. The van der Waals surface area contributed by atoms with E-state index in [4.69, 9.17) is 4.74 Å². The highest BCUT2D eigenvalue weighted by molar-refractivity contribution is 7.90. The molecule has 2 aliphatic heterocycles. The number of sulfone groups is 1. The zero-order valence-electron chi connectivity index (χ0n) is 12.0. The molecule has 0 aromatic heterocycles. The van der Waals surface area contributed by atoms with Crippen LogP contribution in [-0.2, 0) is 14.6 Å². The van der Waals surface area contributed by atoms with Gasteiger partial charge in [-0.25, -0.2) is 8.42 Å². The van der Waals surface area contributed by atoms with Crippen molar-refractivity contribution in [2.75, 3.05) is 38.2 Å². The molecule has 2 fully saturated rings. The molecule has 19 heavy (non-hydrogen) atoms. The number of morpholine rings is 1. The molecule has 3 unspecified atom stereocenters. The standard InChI is InChI=1S/C13H26N2O3S/c1-3-14-12(6-8-19(2,16)17)13-9-15-7-4-5-11(15)10-18-13/h11-14H,3-10H2,1-2H3. The molecular formula is C13H26N2O3S. The normalized spacial score (nSPS) is 30.2. The lowest BCUT2D eigenvalue weighted by molar-refractivity contribution is -0.0646. The topological polar surface area (TPSA) is 58.6 Å². The number of ether oxygens (including phenoxy) is 1. The van der Waals surface area contributed by atoms with Crippen molar-refractivity contribution >= 4 is 9.84 Å². The summed E-state index contributed by atoms with van der Waals surface area (Å²) in [6.07, 6.45) is 4.55. The molecule has 0 amide bonds. The molecular weight excluding hydrogens is 264 g/mol. The van der Waals surface area contributed by atoms with Gasteiger partial charge >= 0.3 is 0 Å². The van der Waals surface area contributed by atoms with Crippen LogP contribution in [0.15, 0.2) is 0 Å². The summed E-state index contributed by atoms with van der Waals surface area (Å²) in [5.41, 5.74) is 0. The minimum Gasteiger partial charge on any atom is -0.374 e. The summed E-state index contributed by atoms with van der Waals surface area (Å²) in [6.45, 7) is 5.79. The van der Waals surface area contributed by atoms with Gasteiger partial charge in [0.1, 0.15) is 9.84 Å². The number of nitrogens with zero attached hydrogens (tertiary/aromatic N) is 1. The van der Waals surface area contributed by atoms with Gasteiger partial charge in [0.2, 0.25) is 0 Å². The molecule has 0 saturated carbocycles. The number of fused-ring (bicyclic) bond motifs is 1. The Labute approximate surface area is 116 Å². The Bertz CT molecular complexity index is 385. The van der Waals surface area contributed by atoms with Crippen LogP contribution in [0, 0.1) is 0 Å². The molecule has 2 saturated heterocycles. The molecule has 5 nitrogen and oxygen atoms in total. The van der Waals surface area contributed by atoms with Crippen LogP contribution in [0.25, 0.3) is 0 Å². The van der Waals surface area contributed by atoms with E-state index in [0.29, 0.717) is 12.5 Å². The van der Waals surface area contributed by atoms with Crippen molar-refractivity contribution in [1.29, 1.82) is 0 Å². The van der Waals surface area contributed by atoms with Gasteiger partial charge in [0.15, 0.2) is 0 Å². The predicted octanol–water partition coefficient (Wildman–Crippen LogP) is 0.262. The van der Waals surface area contributed by atoms with Crippen LogP contribution in [0.1, 0.15) is 26.2 Å². The monoisotopic (exact) mass is 290 g/mol. The highest BCUT2D eigenvalue weighted by Gasteiger charge is 2.35. The second-order valence-electron chi connectivity index (χ2n) is 5.75. The highest BCUT2D eigenvalue weighted by Crippen LogP contribution is 2.24. The van der Waals surface area contributed by atoms with Crippen molar-refractivity contribution in [2.24, 2.45) is 0 Å². The molecule has 0 spiro atoms. The van der Waals surface area contributed by atoms with E-state index in [9.17, 15) is 8.42 Å². The molecule has 2 rings (SSSR count). The maximum atomic E-state index is 11.3. The number of hydrogen-bond acceptors (Lipinski definition) is 5. The Balaban J connectivity index is 1.91. The number of likely N-dealkylation sites (N-methyl/N-ethyl adjacent to an activating group) is 1. The van der Waals surface area contributed by atoms with Crippen molar-refractivity contribution < 1.29 is 13.2 Å². The minimum atomic E-state index is -2.90. The molecule has 3 atom stereocenters. The van der Waals surface area contributed by atoms with Crippen molar-refractivity contribution in [1.82, 2.24) is 10.2 Å². The van der Waals surface area contributed by atoms with Gasteiger partial charge in [-0.2, -0.15) is 0 Å².